The first kappa shape index (κ1) is 16.4. The van der Waals surface area contributed by atoms with Crippen molar-refractivity contribution in [2.45, 2.75) is 19.9 Å². The van der Waals surface area contributed by atoms with E-state index in [1.54, 1.807) is 6.20 Å². The van der Waals surface area contributed by atoms with Gasteiger partial charge >= 0.3 is 0 Å². The third-order valence-electron chi connectivity index (χ3n) is 4.38. The third kappa shape index (κ3) is 3.35. The van der Waals surface area contributed by atoms with Gasteiger partial charge in [0, 0.05) is 43.5 Å². The molecule has 0 unspecified atom stereocenters. The first-order valence-electron chi connectivity index (χ1n) is 8.79. The van der Waals surface area contributed by atoms with Crippen LogP contribution in [-0.4, -0.2) is 28.0 Å². The smallest absolute Gasteiger partial charge is 0.161 e. The van der Waals surface area contributed by atoms with Crippen LogP contribution < -0.4 is 14.8 Å². The van der Waals surface area contributed by atoms with Gasteiger partial charge in [-0.05, 0) is 36.8 Å². The summed E-state index contributed by atoms with van der Waals surface area (Å²) in [7, 11) is 1.93. The summed E-state index contributed by atoms with van der Waals surface area (Å²) in [6, 6.07) is 9.99. The fraction of sp³-hybridized carbons (Fsp3) is 0.300. The molecule has 0 spiro atoms. The van der Waals surface area contributed by atoms with Crippen LogP contribution in [0.25, 0.3) is 11.3 Å². The van der Waals surface area contributed by atoms with Crippen LogP contribution in [0.1, 0.15) is 17.5 Å². The third-order valence-corrected chi connectivity index (χ3v) is 4.38. The number of benzene rings is 1. The topological polar surface area (TPSA) is 61.2 Å². The van der Waals surface area contributed by atoms with E-state index in [2.05, 4.69) is 15.4 Å². The van der Waals surface area contributed by atoms with Crippen LogP contribution in [0.5, 0.6) is 11.5 Å². The molecule has 0 fully saturated rings. The number of aromatic nitrogens is 3. The summed E-state index contributed by atoms with van der Waals surface area (Å²) in [6.07, 6.45) is 4.72. The predicted molar refractivity (Wildman–Crippen MR) is 101 cm³/mol. The molecule has 6 nitrogen and oxygen atoms in total. The van der Waals surface area contributed by atoms with Crippen LogP contribution >= 0.6 is 0 Å². The van der Waals surface area contributed by atoms with E-state index in [0.717, 1.165) is 46.1 Å². The molecule has 0 radical (unpaired) electrons. The molecule has 0 saturated carbocycles. The van der Waals surface area contributed by atoms with Gasteiger partial charge in [-0.1, -0.05) is 6.07 Å². The van der Waals surface area contributed by atoms with Crippen LogP contribution in [0.3, 0.4) is 0 Å². The van der Waals surface area contributed by atoms with Crippen molar-refractivity contribution in [3.63, 3.8) is 0 Å². The van der Waals surface area contributed by atoms with Gasteiger partial charge < -0.3 is 14.8 Å². The molecule has 1 N–H and O–H groups in total. The zero-order chi connectivity index (χ0) is 17.9. The van der Waals surface area contributed by atoms with Crippen molar-refractivity contribution in [2.24, 2.45) is 7.05 Å². The highest BCUT2D eigenvalue weighted by atomic mass is 16.5. The van der Waals surface area contributed by atoms with E-state index in [4.69, 9.17) is 9.47 Å². The summed E-state index contributed by atoms with van der Waals surface area (Å²) in [6.45, 7) is 4.05. The van der Waals surface area contributed by atoms with Crippen LogP contribution in [-0.2, 0) is 13.6 Å². The maximum atomic E-state index is 5.82. The maximum absolute atomic E-state index is 5.82. The Morgan fingerprint density at radius 3 is 2.85 bits per heavy atom. The quantitative estimate of drug-likeness (QED) is 0.779. The summed E-state index contributed by atoms with van der Waals surface area (Å²) >= 11 is 0. The van der Waals surface area contributed by atoms with Crippen LogP contribution in [0, 0.1) is 6.92 Å². The van der Waals surface area contributed by atoms with Crippen LogP contribution in [0.15, 0.2) is 42.7 Å². The van der Waals surface area contributed by atoms with Gasteiger partial charge in [0.15, 0.2) is 11.5 Å². The van der Waals surface area contributed by atoms with Gasteiger partial charge in [0.2, 0.25) is 0 Å². The summed E-state index contributed by atoms with van der Waals surface area (Å²) in [5.74, 6) is 2.47. The Morgan fingerprint density at radius 2 is 2.00 bits per heavy atom. The first-order valence-corrected chi connectivity index (χ1v) is 8.79. The van der Waals surface area contributed by atoms with Crippen molar-refractivity contribution in [3.8, 4) is 22.8 Å². The van der Waals surface area contributed by atoms with E-state index >= 15 is 0 Å². The maximum Gasteiger partial charge on any atom is 0.161 e. The minimum absolute atomic E-state index is 0.648. The number of nitrogens with zero attached hydrogens (tertiary/aromatic N) is 3. The van der Waals surface area contributed by atoms with E-state index in [9.17, 15) is 0 Å². The largest absolute Gasteiger partial charge is 0.490 e. The molecule has 3 aromatic rings. The van der Waals surface area contributed by atoms with Crippen molar-refractivity contribution in [1.82, 2.24) is 14.8 Å². The number of rotatable bonds is 4. The second kappa shape index (κ2) is 7.07. The molecule has 1 aromatic carbocycles. The minimum Gasteiger partial charge on any atom is -0.490 e. The first-order chi connectivity index (χ1) is 12.7. The highest BCUT2D eigenvalue weighted by Crippen LogP contribution is 2.34. The Kier molecular flexibility index (Phi) is 4.48. The van der Waals surface area contributed by atoms with E-state index in [-0.39, 0.29) is 0 Å². The fourth-order valence-corrected chi connectivity index (χ4v) is 3.07. The lowest BCUT2D eigenvalue weighted by atomic mass is 10.1. The second-order valence-corrected chi connectivity index (χ2v) is 6.41. The van der Waals surface area contributed by atoms with Crippen molar-refractivity contribution in [1.29, 1.82) is 0 Å². The van der Waals surface area contributed by atoms with Gasteiger partial charge in [0.05, 0.1) is 18.9 Å². The Labute approximate surface area is 152 Å². The molecule has 4 rings (SSSR count). The summed E-state index contributed by atoms with van der Waals surface area (Å²) < 4.78 is 13.4. The highest BCUT2D eigenvalue weighted by molar-refractivity contribution is 5.67. The van der Waals surface area contributed by atoms with Crippen molar-refractivity contribution >= 4 is 5.82 Å². The Bertz CT molecular complexity index is 920. The normalized spacial score (nSPS) is 13.3. The highest BCUT2D eigenvalue weighted by Gasteiger charge is 2.15. The molecule has 134 valence electrons. The number of ether oxygens (including phenoxy) is 2. The molecule has 3 heterocycles. The molecule has 0 amide bonds. The molecule has 0 bridgehead atoms. The standard InChI is InChI=1S/C20H22N4O2/c1-14-5-3-8-21-20(14)22-12-16-13-24(2)23-19(16)15-6-7-17-18(11-15)26-10-4-9-25-17/h3,5-8,11,13H,4,9-10,12H2,1-2H3,(H,21,22). The number of hydrogen-bond acceptors (Lipinski definition) is 5. The number of nitrogens with one attached hydrogen (secondary N) is 1. The van der Waals surface area contributed by atoms with Gasteiger partial charge in [0.25, 0.3) is 0 Å². The van der Waals surface area contributed by atoms with E-state index in [1.165, 1.54) is 0 Å². The van der Waals surface area contributed by atoms with E-state index in [1.807, 2.05) is 55.2 Å². The van der Waals surface area contributed by atoms with Gasteiger partial charge in [0.1, 0.15) is 5.82 Å². The number of pyridine rings is 1. The van der Waals surface area contributed by atoms with Gasteiger partial charge in [-0.3, -0.25) is 4.68 Å². The molecule has 0 aliphatic carbocycles. The molecular weight excluding hydrogens is 328 g/mol. The molecular formula is C20H22N4O2. The Morgan fingerprint density at radius 1 is 1.15 bits per heavy atom. The summed E-state index contributed by atoms with van der Waals surface area (Å²) in [5, 5.41) is 8.05. The monoisotopic (exact) mass is 350 g/mol. The zero-order valence-corrected chi connectivity index (χ0v) is 15.0. The van der Waals surface area contributed by atoms with Gasteiger partial charge in [-0.25, -0.2) is 4.98 Å². The number of fused-ring (bicyclic) bond motifs is 1. The molecule has 26 heavy (non-hydrogen) atoms. The lowest BCUT2D eigenvalue weighted by Gasteiger charge is -2.10. The summed E-state index contributed by atoms with van der Waals surface area (Å²) in [5.41, 5.74) is 4.18. The predicted octanol–water partition coefficient (Wildman–Crippen LogP) is 3.56. The molecule has 0 saturated heterocycles. The fourth-order valence-electron chi connectivity index (χ4n) is 3.07. The lowest BCUT2D eigenvalue weighted by Crippen LogP contribution is -2.03. The molecule has 2 aromatic heterocycles. The molecule has 1 aliphatic heterocycles. The Balaban J connectivity index is 1.61. The SMILES string of the molecule is Cc1cccnc1NCc1cn(C)nc1-c1ccc2c(c1)OCCCO2. The number of aryl methyl sites for hydroxylation is 2. The van der Waals surface area contributed by atoms with Gasteiger partial charge in [-0.2, -0.15) is 5.10 Å². The molecule has 6 heteroatoms. The van der Waals surface area contributed by atoms with Crippen molar-refractivity contribution < 1.29 is 9.47 Å². The van der Waals surface area contributed by atoms with Crippen LogP contribution in [0.2, 0.25) is 0 Å². The average Bonchev–Trinajstić information content (AvgIpc) is 2.87. The van der Waals surface area contributed by atoms with Crippen LogP contribution in [0.4, 0.5) is 5.82 Å². The molecule has 0 atom stereocenters. The lowest BCUT2D eigenvalue weighted by molar-refractivity contribution is 0.297. The molecule has 1 aliphatic rings. The van der Waals surface area contributed by atoms with Gasteiger partial charge in [-0.15, -0.1) is 0 Å². The van der Waals surface area contributed by atoms with E-state index in [0.29, 0.717) is 19.8 Å². The second-order valence-electron chi connectivity index (χ2n) is 6.41. The number of anilines is 1. The Hall–Kier alpha value is -3.02. The summed E-state index contributed by atoms with van der Waals surface area (Å²) in [4.78, 5) is 4.40. The van der Waals surface area contributed by atoms with Crippen molar-refractivity contribution in [2.75, 3.05) is 18.5 Å². The van der Waals surface area contributed by atoms with E-state index < -0.39 is 0 Å². The number of hydrogen-bond donors (Lipinski definition) is 1. The zero-order valence-electron chi connectivity index (χ0n) is 15.0. The average molecular weight is 350 g/mol. The van der Waals surface area contributed by atoms with Crippen molar-refractivity contribution in [3.05, 3.63) is 53.9 Å². The minimum atomic E-state index is 0.648.